The van der Waals surface area contributed by atoms with E-state index in [1.165, 1.54) is 18.2 Å². The molecule has 8 heteroatoms. The second kappa shape index (κ2) is 7.81. The largest absolute Gasteiger partial charge is 0.369 e. The number of anilines is 1. The molecule has 1 saturated heterocycles. The Morgan fingerprint density at radius 1 is 0.964 bits per heavy atom. The Hall–Kier alpha value is -2.58. The second-order valence-corrected chi connectivity index (χ2v) is 7.23. The summed E-state index contributed by atoms with van der Waals surface area (Å²) in [4.78, 5) is 4.49. The Balaban J connectivity index is 1.46. The van der Waals surface area contributed by atoms with Crippen LogP contribution in [-0.2, 0) is 13.7 Å². The van der Waals surface area contributed by atoms with Crippen LogP contribution < -0.4 is 4.90 Å². The second-order valence-electron chi connectivity index (χ2n) is 6.87. The monoisotopic (exact) mass is 401 g/mol. The Kier molecular flexibility index (Phi) is 5.23. The third-order valence-corrected chi connectivity index (χ3v) is 5.54. The van der Waals surface area contributed by atoms with E-state index >= 15 is 0 Å². The number of piperazine rings is 1. The highest BCUT2D eigenvalue weighted by molar-refractivity contribution is 7.71. The Morgan fingerprint density at radius 3 is 2.32 bits per heavy atom. The van der Waals surface area contributed by atoms with E-state index in [0.717, 1.165) is 31.9 Å². The van der Waals surface area contributed by atoms with Crippen LogP contribution in [0.15, 0.2) is 48.5 Å². The average Bonchev–Trinajstić information content (AvgIpc) is 2.98. The van der Waals surface area contributed by atoms with Crippen molar-refractivity contribution in [2.75, 3.05) is 31.1 Å². The first-order chi connectivity index (χ1) is 13.5. The Bertz CT molecular complexity index is 1020. The van der Waals surface area contributed by atoms with Crippen molar-refractivity contribution in [3.8, 4) is 11.4 Å². The van der Waals surface area contributed by atoms with Gasteiger partial charge >= 0.3 is 0 Å². The van der Waals surface area contributed by atoms with Crippen LogP contribution in [0.1, 0.15) is 0 Å². The van der Waals surface area contributed by atoms with E-state index in [0.29, 0.717) is 22.8 Å². The molecule has 0 aliphatic carbocycles. The lowest BCUT2D eigenvalue weighted by molar-refractivity contribution is 0.194. The molecule has 1 aromatic heterocycles. The molecule has 1 aliphatic heterocycles. The van der Waals surface area contributed by atoms with Gasteiger partial charge in [-0.15, -0.1) is 0 Å². The molecule has 2 aromatic carbocycles. The van der Waals surface area contributed by atoms with Gasteiger partial charge in [-0.25, -0.2) is 13.5 Å². The molecule has 0 atom stereocenters. The van der Waals surface area contributed by atoms with E-state index in [2.05, 4.69) is 14.9 Å². The van der Waals surface area contributed by atoms with Crippen LogP contribution in [0, 0.1) is 16.4 Å². The molecular weight excluding hydrogens is 380 g/mol. The lowest BCUT2D eigenvalue weighted by Crippen LogP contribution is -2.47. The van der Waals surface area contributed by atoms with Gasteiger partial charge in [-0.3, -0.25) is 4.90 Å². The fourth-order valence-electron chi connectivity index (χ4n) is 3.45. The number of rotatable bonds is 4. The summed E-state index contributed by atoms with van der Waals surface area (Å²) in [5.41, 5.74) is 1.47. The van der Waals surface area contributed by atoms with Gasteiger partial charge in [0.05, 0.1) is 12.2 Å². The van der Waals surface area contributed by atoms with Crippen LogP contribution >= 0.6 is 12.2 Å². The first kappa shape index (κ1) is 18.8. The molecule has 1 aliphatic rings. The zero-order valence-corrected chi connectivity index (χ0v) is 16.4. The third-order valence-electron chi connectivity index (χ3n) is 5.05. The summed E-state index contributed by atoms with van der Waals surface area (Å²) in [6.07, 6.45) is 0. The van der Waals surface area contributed by atoms with E-state index < -0.39 is 0 Å². The van der Waals surface area contributed by atoms with Crippen LogP contribution in [0.25, 0.3) is 11.4 Å². The molecule has 0 radical (unpaired) electrons. The summed E-state index contributed by atoms with van der Waals surface area (Å²) in [5.74, 6) is -0.0173. The SMILES string of the molecule is Cn1c(-c2ccccc2F)nn(CN2CCN(c3ccc(F)cc3)CC2)c1=S. The van der Waals surface area contributed by atoms with Crippen molar-refractivity contribution in [2.24, 2.45) is 7.05 Å². The molecule has 2 heterocycles. The van der Waals surface area contributed by atoms with Gasteiger partial charge in [0.1, 0.15) is 11.6 Å². The van der Waals surface area contributed by atoms with E-state index in [1.807, 2.05) is 0 Å². The third kappa shape index (κ3) is 3.70. The van der Waals surface area contributed by atoms with Crippen molar-refractivity contribution in [1.29, 1.82) is 0 Å². The van der Waals surface area contributed by atoms with Gasteiger partial charge in [0.15, 0.2) is 10.6 Å². The van der Waals surface area contributed by atoms with Gasteiger partial charge in [-0.05, 0) is 48.6 Å². The van der Waals surface area contributed by atoms with Gasteiger partial charge < -0.3 is 9.47 Å². The van der Waals surface area contributed by atoms with E-state index in [9.17, 15) is 8.78 Å². The summed E-state index contributed by atoms with van der Waals surface area (Å²) in [6, 6.07) is 13.2. The van der Waals surface area contributed by atoms with Crippen LogP contribution in [0.3, 0.4) is 0 Å². The molecular formula is C20H21F2N5S. The predicted molar refractivity (Wildman–Crippen MR) is 108 cm³/mol. The molecule has 0 unspecified atom stereocenters. The summed E-state index contributed by atoms with van der Waals surface area (Å²) >= 11 is 5.51. The van der Waals surface area contributed by atoms with E-state index in [-0.39, 0.29) is 11.6 Å². The molecule has 5 nitrogen and oxygen atoms in total. The Labute approximate surface area is 167 Å². The minimum absolute atomic E-state index is 0.224. The first-order valence-electron chi connectivity index (χ1n) is 9.14. The molecule has 146 valence electrons. The van der Waals surface area contributed by atoms with Crippen LogP contribution in [-0.4, -0.2) is 45.4 Å². The fraction of sp³-hybridized carbons (Fsp3) is 0.300. The molecule has 0 amide bonds. The molecule has 1 fully saturated rings. The molecule has 28 heavy (non-hydrogen) atoms. The molecule has 0 N–H and O–H groups in total. The highest BCUT2D eigenvalue weighted by Crippen LogP contribution is 2.21. The number of halogens is 2. The molecule has 0 spiro atoms. The van der Waals surface area contributed by atoms with Crippen molar-refractivity contribution in [2.45, 2.75) is 6.67 Å². The standard InChI is InChI=1S/C20H21F2N5S/c1-24-19(17-4-2-3-5-18(17)22)23-27(20(24)28)14-25-10-12-26(13-11-25)16-8-6-15(21)7-9-16/h2-9H,10-14H2,1H3. The quantitative estimate of drug-likeness (QED) is 0.624. The van der Waals surface area contributed by atoms with E-state index in [4.69, 9.17) is 12.2 Å². The van der Waals surface area contributed by atoms with Crippen LogP contribution in [0.5, 0.6) is 0 Å². The van der Waals surface area contributed by atoms with Gasteiger partial charge in [0.25, 0.3) is 0 Å². The normalized spacial score (nSPS) is 15.2. The van der Waals surface area contributed by atoms with Crippen LogP contribution in [0.2, 0.25) is 0 Å². The highest BCUT2D eigenvalue weighted by Gasteiger charge is 2.20. The number of nitrogens with zero attached hydrogens (tertiary/aromatic N) is 5. The zero-order valence-electron chi connectivity index (χ0n) is 15.6. The average molecular weight is 401 g/mol. The maximum Gasteiger partial charge on any atom is 0.199 e. The topological polar surface area (TPSA) is 29.2 Å². The lowest BCUT2D eigenvalue weighted by atomic mass is 10.2. The van der Waals surface area contributed by atoms with Crippen molar-refractivity contribution in [3.63, 3.8) is 0 Å². The minimum Gasteiger partial charge on any atom is -0.369 e. The first-order valence-corrected chi connectivity index (χ1v) is 9.55. The summed E-state index contributed by atoms with van der Waals surface area (Å²) in [6.45, 7) is 3.91. The molecule has 0 bridgehead atoms. The van der Waals surface area contributed by atoms with Crippen molar-refractivity contribution < 1.29 is 8.78 Å². The maximum atomic E-state index is 14.1. The molecule has 3 aromatic rings. The van der Waals surface area contributed by atoms with Gasteiger partial charge in [-0.2, -0.15) is 5.10 Å². The molecule has 0 saturated carbocycles. The summed E-state index contributed by atoms with van der Waals surface area (Å²) < 4.78 is 31.3. The number of hydrogen-bond acceptors (Lipinski definition) is 4. The fourth-order valence-corrected chi connectivity index (χ4v) is 3.63. The summed E-state index contributed by atoms with van der Waals surface area (Å²) in [5, 5.41) is 4.56. The Morgan fingerprint density at radius 2 is 1.64 bits per heavy atom. The minimum atomic E-state index is -0.314. The van der Waals surface area contributed by atoms with Crippen molar-refractivity contribution in [3.05, 3.63) is 64.9 Å². The number of aromatic nitrogens is 3. The van der Waals surface area contributed by atoms with Crippen molar-refractivity contribution in [1.82, 2.24) is 19.2 Å². The van der Waals surface area contributed by atoms with E-state index in [1.54, 1.807) is 46.6 Å². The smallest absolute Gasteiger partial charge is 0.199 e. The van der Waals surface area contributed by atoms with Gasteiger partial charge in [-0.1, -0.05) is 12.1 Å². The highest BCUT2D eigenvalue weighted by atomic mass is 32.1. The zero-order chi connectivity index (χ0) is 19.7. The molecule has 4 rings (SSSR count). The predicted octanol–water partition coefficient (Wildman–Crippen LogP) is 3.68. The number of benzene rings is 2. The maximum absolute atomic E-state index is 14.1. The van der Waals surface area contributed by atoms with Gasteiger partial charge in [0.2, 0.25) is 0 Å². The van der Waals surface area contributed by atoms with Crippen LogP contribution in [0.4, 0.5) is 14.5 Å². The lowest BCUT2D eigenvalue weighted by Gasteiger charge is -2.35. The summed E-state index contributed by atoms with van der Waals surface area (Å²) in [7, 11) is 1.81. The number of hydrogen-bond donors (Lipinski definition) is 0. The van der Waals surface area contributed by atoms with Gasteiger partial charge in [0, 0.05) is 38.9 Å². The van der Waals surface area contributed by atoms with Crippen molar-refractivity contribution >= 4 is 17.9 Å².